The molecule has 3 heterocycles. The van der Waals surface area contributed by atoms with Crippen molar-refractivity contribution in [3.63, 3.8) is 0 Å². The number of piperazine rings is 1. The zero-order valence-corrected chi connectivity index (χ0v) is 15.2. The van der Waals surface area contributed by atoms with Gasteiger partial charge in [0.15, 0.2) is 11.6 Å². The van der Waals surface area contributed by atoms with E-state index >= 15 is 0 Å². The number of amidine groups is 1. The van der Waals surface area contributed by atoms with Gasteiger partial charge in [-0.3, -0.25) is 4.90 Å². The molecule has 0 unspecified atom stereocenters. The summed E-state index contributed by atoms with van der Waals surface area (Å²) in [6, 6.07) is 4.36. The van der Waals surface area contributed by atoms with Crippen LogP contribution in [0.4, 0.5) is 25.2 Å². The lowest BCUT2D eigenvalue weighted by atomic mass is 10.2. The van der Waals surface area contributed by atoms with Crippen LogP contribution in [0.2, 0.25) is 0 Å². The fourth-order valence-corrected chi connectivity index (χ4v) is 4.28. The van der Waals surface area contributed by atoms with Gasteiger partial charge in [0, 0.05) is 49.7 Å². The van der Waals surface area contributed by atoms with E-state index in [9.17, 15) is 8.78 Å². The van der Waals surface area contributed by atoms with Crippen LogP contribution in [0.15, 0.2) is 23.2 Å². The lowest BCUT2D eigenvalue weighted by Crippen LogP contribution is -2.49. The molecule has 4 rings (SSSR count). The first kappa shape index (κ1) is 17.4. The Morgan fingerprint density at radius 3 is 2.62 bits per heavy atom. The van der Waals surface area contributed by atoms with Gasteiger partial charge in [0.05, 0.1) is 23.5 Å². The van der Waals surface area contributed by atoms with Crippen LogP contribution >= 0.6 is 11.3 Å². The number of fused-ring (bicyclic) bond motifs is 2. The van der Waals surface area contributed by atoms with E-state index < -0.39 is 11.6 Å². The third-order valence-corrected chi connectivity index (χ3v) is 5.66. The van der Waals surface area contributed by atoms with Gasteiger partial charge in [-0.25, -0.2) is 13.8 Å². The van der Waals surface area contributed by atoms with Crippen molar-refractivity contribution in [2.45, 2.75) is 6.92 Å². The van der Waals surface area contributed by atoms with Gasteiger partial charge in [-0.1, -0.05) is 0 Å². The van der Waals surface area contributed by atoms with Crippen molar-refractivity contribution in [3.05, 3.63) is 40.3 Å². The van der Waals surface area contributed by atoms with Crippen molar-refractivity contribution in [3.8, 4) is 0 Å². The molecule has 1 aromatic heterocycles. The molecule has 0 aliphatic carbocycles. The highest BCUT2D eigenvalue weighted by atomic mass is 32.1. The first-order chi connectivity index (χ1) is 12.5. The van der Waals surface area contributed by atoms with E-state index in [2.05, 4.69) is 21.2 Å². The normalized spacial score (nSPS) is 17.2. The van der Waals surface area contributed by atoms with Gasteiger partial charge in [-0.05, 0) is 13.0 Å². The van der Waals surface area contributed by atoms with E-state index in [1.807, 2.05) is 6.92 Å². The smallest absolute Gasteiger partial charge is 0.161 e. The highest BCUT2D eigenvalue weighted by molar-refractivity contribution is 7.16. The van der Waals surface area contributed by atoms with E-state index in [4.69, 9.17) is 10.1 Å². The Balaban J connectivity index is 1.73. The summed E-state index contributed by atoms with van der Waals surface area (Å²) >= 11 is 1.58. The lowest BCUT2D eigenvalue weighted by molar-refractivity contribution is 0.147. The Bertz CT molecular complexity index is 859. The largest absolute Gasteiger partial charge is 0.395 e. The molecule has 0 atom stereocenters. The summed E-state index contributed by atoms with van der Waals surface area (Å²) in [4.78, 5) is 10.2. The van der Waals surface area contributed by atoms with Gasteiger partial charge < -0.3 is 15.3 Å². The number of β-amino-alcohol motifs (C(OH)–C–C–N with tert-alkyl or cyclic N) is 1. The number of aliphatic hydroxyl groups is 1. The van der Waals surface area contributed by atoms with Gasteiger partial charge >= 0.3 is 0 Å². The third kappa shape index (κ3) is 3.20. The first-order valence-electron chi connectivity index (χ1n) is 8.59. The molecule has 8 heteroatoms. The number of aryl methyl sites for hydroxylation is 1. The van der Waals surface area contributed by atoms with Crippen LogP contribution < -0.4 is 5.32 Å². The van der Waals surface area contributed by atoms with E-state index in [1.165, 1.54) is 0 Å². The van der Waals surface area contributed by atoms with Gasteiger partial charge in [0.1, 0.15) is 10.8 Å². The van der Waals surface area contributed by atoms with E-state index in [0.717, 1.165) is 59.6 Å². The van der Waals surface area contributed by atoms with Crippen LogP contribution in [0, 0.1) is 18.6 Å². The maximum atomic E-state index is 13.8. The second kappa shape index (κ2) is 6.94. The number of nitrogens with one attached hydrogen (secondary N) is 1. The Morgan fingerprint density at radius 2 is 1.88 bits per heavy atom. The molecule has 0 spiro atoms. The number of aliphatic hydroxyl groups excluding tert-OH is 1. The van der Waals surface area contributed by atoms with E-state index in [1.54, 1.807) is 11.3 Å². The molecule has 0 amide bonds. The van der Waals surface area contributed by atoms with Crippen molar-refractivity contribution in [1.29, 1.82) is 0 Å². The number of aliphatic imine (C=N–C) groups is 1. The van der Waals surface area contributed by atoms with E-state index in [-0.39, 0.29) is 6.61 Å². The number of hydrogen-bond acceptors (Lipinski definition) is 6. The van der Waals surface area contributed by atoms with Gasteiger partial charge in [-0.2, -0.15) is 0 Å². The molecule has 0 radical (unpaired) electrons. The van der Waals surface area contributed by atoms with Crippen LogP contribution in [0.5, 0.6) is 0 Å². The summed E-state index contributed by atoms with van der Waals surface area (Å²) in [6.45, 7) is 6.03. The summed E-state index contributed by atoms with van der Waals surface area (Å²) in [7, 11) is 0. The predicted molar refractivity (Wildman–Crippen MR) is 100.0 cm³/mol. The lowest BCUT2D eigenvalue weighted by Gasteiger charge is -2.36. The zero-order valence-electron chi connectivity index (χ0n) is 14.4. The molecule has 2 aliphatic heterocycles. The van der Waals surface area contributed by atoms with Gasteiger partial charge in [0.2, 0.25) is 0 Å². The van der Waals surface area contributed by atoms with Crippen LogP contribution in [0.25, 0.3) is 0 Å². The summed E-state index contributed by atoms with van der Waals surface area (Å²) in [5, 5.41) is 13.2. The first-order valence-corrected chi connectivity index (χ1v) is 9.40. The number of hydrogen-bond donors (Lipinski definition) is 2. The fourth-order valence-electron chi connectivity index (χ4n) is 3.36. The van der Waals surface area contributed by atoms with Crippen molar-refractivity contribution >= 4 is 33.5 Å². The Hall–Kier alpha value is -2.03. The van der Waals surface area contributed by atoms with E-state index in [0.29, 0.717) is 17.9 Å². The molecule has 1 fully saturated rings. The Labute approximate surface area is 154 Å². The van der Waals surface area contributed by atoms with Crippen LogP contribution in [-0.4, -0.2) is 60.1 Å². The molecule has 2 aliphatic rings. The number of thiophene rings is 1. The standard InChI is InChI=1S/C18H20F2N4OS/c1-11-8-12-17(24-4-2-23(3-5-24)6-7-25)21-15-9-13(19)14(20)10-16(15)22-18(12)26-11/h8-10,22,25H,2-7H2,1H3. The monoisotopic (exact) mass is 378 g/mol. The Kier molecular flexibility index (Phi) is 4.64. The number of anilines is 2. The molecule has 1 saturated heterocycles. The minimum atomic E-state index is -0.900. The molecular weight excluding hydrogens is 358 g/mol. The van der Waals surface area contributed by atoms with Crippen LogP contribution in [-0.2, 0) is 0 Å². The molecule has 26 heavy (non-hydrogen) atoms. The highest BCUT2D eigenvalue weighted by Crippen LogP contribution is 2.40. The van der Waals surface area contributed by atoms with Crippen LogP contribution in [0.1, 0.15) is 10.4 Å². The second-order valence-corrected chi connectivity index (χ2v) is 7.75. The van der Waals surface area contributed by atoms with Crippen LogP contribution in [0.3, 0.4) is 0 Å². The van der Waals surface area contributed by atoms with Crippen molar-refractivity contribution in [2.75, 3.05) is 44.6 Å². The number of benzene rings is 1. The summed E-state index contributed by atoms with van der Waals surface area (Å²) in [5.74, 6) is -1.00. The number of rotatable bonds is 2. The van der Waals surface area contributed by atoms with Gasteiger partial charge in [0.25, 0.3) is 0 Å². The molecule has 2 aromatic rings. The average molecular weight is 378 g/mol. The molecular formula is C18H20F2N4OS. The summed E-state index contributed by atoms with van der Waals surface area (Å²) in [6.07, 6.45) is 0. The predicted octanol–water partition coefficient (Wildman–Crippen LogP) is 3.08. The average Bonchev–Trinajstić information content (AvgIpc) is 2.91. The van der Waals surface area contributed by atoms with Crippen molar-refractivity contribution in [1.82, 2.24) is 9.80 Å². The minimum absolute atomic E-state index is 0.150. The number of nitrogens with zero attached hydrogens (tertiary/aromatic N) is 3. The van der Waals surface area contributed by atoms with Gasteiger partial charge in [-0.15, -0.1) is 11.3 Å². The second-order valence-electron chi connectivity index (χ2n) is 6.50. The van der Waals surface area contributed by atoms with Crippen molar-refractivity contribution < 1.29 is 13.9 Å². The highest BCUT2D eigenvalue weighted by Gasteiger charge is 2.26. The molecule has 1 aromatic carbocycles. The molecule has 5 nitrogen and oxygen atoms in total. The maximum Gasteiger partial charge on any atom is 0.161 e. The third-order valence-electron chi connectivity index (χ3n) is 4.70. The zero-order chi connectivity index (χ0) is 18.3. The molecule has 2 N–H and O–H groups in total. The Morgan fingerprint density at radius 1 is 1.15 bits per heavy atom. The summed E-state index contributed by atoms with van der Waals surface area (Å²) in [5.41, 5.74) is 1.83. The topological polar surface area (TPSA) is 51.1 Å². The molecule has 138 valence electrons. The quantitative estimate of drug-likeness (QED) is 0.843. The number of halogens is 2. The molecule has 0 saturated carbocycles. The fraction of sp³-hybridized carbons (Fsp3) is 0.389. The minimum Gasteiger partial charge on any atom is -0.395 e. The SMILES string of the molecule is Cc1cc2c(s1)Nc1cc(F)c(F)cc1N=C2N1CCN(CCO)CC1. The maximum absolute atomic E-state index is 13.8. The summed E-state index contributed by atoms with van der Waals surface area (Å²) < 4.78 is 27.4. The molecule has 0 bridgehead atoms. The van der Waals surface area contributed by atoms with Crippen molar-refractivity contribution in [2.24, 2.45) is 4.99 Å².